The zero-order chi connectivity index (χ0) is 18.5. The highest BCUT2D eigenvalue weighted by Gasteiger charge is 2.35. The molecule has 140 valence electrons. The zero-order valence-electron chi connectivity index (χ0n) is 14.5. The molecule has 2 unspecified atom stereocenters. The molecule has 0 aromatic heterocycles. The van der Waals surface area contributed by atoms with Gasteiger partial charge in [-0.05, 0) is 41.8 Å². The van der Waals surface area contributed by atoms with Crippen LogP contribution in [0.1, 0.15) is 17.5 Å². The Labute approximate surface area is 158 Å². The largest absolute Gasteiger partial charge is 0.489 e. The minimum absolute atomic E-state index is 0.180. The lowest BCUT2D eigenvalue weighted by atomic mass is 9.96. The number of hydrogen-bond acceptors (Lipinski definition) is 5. The van der Waals surface area contributed by atoms with Crippen LogP contribution in [-0.2, 0) is 13.2 Å². The second kappa shape index (κ2) is 8.84. The topological polar surface area (TPSA) is 73.2 Å². The molecule has 3 atom stereocenters. The van der Waals surface area contributed by atoms with Crippen LogP contribution in [0.25, 0.3) is 0 Å². The van der Waals surface area contributed by atoms with E-state index in [0.29, 0.717) is 31.1 Å². The summed E-state index contributed by atoms with van der Waals surface area (Å²) in [5, 5.41) is 30.0. The van der Waals surface area contributed by atoms with Crippen molar-refractivity contribution in [2.75, 3.05) is 13.2 Å². The van der Waals surface area contributed by atoms with Crippen molar-refractivity contribution in [1.29, 1.82) is 0 Å². The third kappa shape index (κ3) is 4.75. The summed E-state index contributed by atoms with van der Waals surface area (Å²) in [6.45, 7) is 1.53. The standard InChI is InChI=1S/C20H24ClNO4/c21-16-5-1-15(2-6-16)13-26-17-7-3-14(4-8-17)11-22-10-9-19(24)20(25)18(22)12-23/h1-8,18-20,23-25H,9-13H2/t18-,19?,20?/m0/s1. The molecule has 2 aromatic carbocycles. The summed E-state index contributed by atoms with van der Waals surface area (Å²) in [4.78, 5) is 2.00. The summed E-state index contributed by atoms with van der Waals surface area (Å²) in [6.07, 6.45) is -1.19. The first kappa shape index (κ1) is 19.1. The van der Waals surface area contributed by atoms with Gasteiger partial charge in [0.05, 0.1) is 24.9 Å². The van der Waals surface area contributed by atoms with Gasteiger partial charge in [-0.15, -0.1) is 0 Å². The molecule has 3 rings (SSSR count). The van der Waals surface area contributed by atoms with Crippen LogP contribution in [-0.4, -0.2) is 51.6 Å². The maximum absolute atomic E-state index is 10.0. The summed E-state index contributed by atoms with van der Waals surface area (Å²) in [6, 6.07) is 14.9. The normalized spacial score (nSPS) is 23.8. The van der Waals surface area contributed by atoms with Gasteiger partial charge in [0.25, 0.3) is 0 Å². The van der Waals surface area contributed by atoms with Crippen LogP contribution >= 0.6 is 11.6 Å². The molecule has 0 amide bonds. The highest BCUT2D eigenvalue weighted by atomic mass is 35.5. The van der Waals surface area contributed by atoms with Crippen LogP contribution in [0.15, 0.2) is 48.5 Å². The van der Waals surface area contributed by atoms with Gasteiger partial charge >= 0.3 is 0 Å². The Balaban J connectivity index is 1.56. The lowest BCUT2D eigenvalue weighted by Gasteiger charge is -2.40. The Bertz CT molecular complexity index is 692. The monoisotopic (exact) mass is 377 g/mol. The van der Waals surface area contributed by atoms with E-state index in [1.165, 1.54) is 0 Å². The van der Waals surface area contributed by atoms with Crippen molar-refractivity contribution < 1.29 is 20.1 Å². The number of nitrogens with zero attached hydrogens (tertiary/aromatic N) is 1. The van der Waals surface area contributed by atoms with Gasteiger partial charge in [-0.25, -0.2) is 0 Å². The van der Waals surface area contributed by atoms with Crippen molar-refractivity contribution in [3.05, 3.63) is 64.7 Å². The highest BCUT2D eigenvalue weighted by molar-refractivity contribution is 6.30. The third-order valence-corrected chi connectivity index (χ3v) is 5.04. The van der Waals surface area contributed by atoms with Crippen LogP contribution in [0, 0.1) is 0 Å². The van der Waals surface area contributed by atoms with Crippen LogP contribution in [0.2, 0.25) is 5.02 Å². The number of ether oxygens (including phenoxy) is 1. The Morgan fingerprint density at radius 3 is 2.31 bits per heavy atom. The number of halogens is 1. The average molecular weight is 378 g/mol. The summed E-state index contributed by atoms with van der Waals surface area (Å²) in [5.41, 5.74) is 2.11. The zero-order valence-corrected chi connectivity index (χ0v) is 15.2. The van der Waals surface area contributed by atoms with E-state index in [1.807, 2.05) is 53.4 Å². The van der Waals surface area contributed by atoms with Gasteiger partial charge in [0.1, 0.15) is 12.4 Å². The first-order chi connectivity index (χ1) is 12.6. The molecule has 1 fully saturated rings. The predicted octanol–water partition coefficient (Wildman–Crippen LogP) is 2.21. The van der Waals surface area contributed by atoms with Crippen molar-refractivity contribution >= 4 is 11.6 Å². The Kier molecular flexibility index (Phi) is 6.51. The van der Waals surface area contributed by atoms with Crippen molar-refractivity contribution in [2.45, 2.75) is 37.8 Å². The molecule has 1 aliphatic heterocycles. The van der Waals surface area contributed by atoms with Gasteiger partial charge in [-0.1, -0.05) is 35.9 Å². The Morgan fingerprint density at radius 1 is 1.00 bits per heavy atom. The molecule has 0 radical (unpaired) electrons. The van der Waals surface area contributed by atoms with Gasteiger partial charge < -0.3 is 20.1 Å². The van der Waals surface area contributed by atoms with Crippen LogP contribution in [0.3, 0.4) is 0 Å². The third-order valence-electron chi connectivity index (χ3n) is 4.78. The molecule has 3 N–H and O–H groups in total. The maximum atomic E-state index is 10.0. The molecule has 0 saturated carbocycles. The number of benzene rings is 2. The van der Waals surface area contributed by atoms with Crippen LogP contribution in [0.5, 0.6) is 5.75 Å². The van der Waals surface area contributed by atoms with Gasteiger partial charge in [0.2, 0.25) is 0 Å². The number of rotatable bonds is 6. The van der Waals surface area contributed by atoms with Gasteiger partial charge in [-0.3, -0.25) is 4.90 Å². The quantitative estimate of drug-likeness (QED) is 0.719. The molecule has 0 aliphatic carbocycles. The molecule has 26 heavy (non-hydrogen) atoms. The molecule has 5 nitrogen and oxygen atoms in total. The van der Waals surface area contributed by atoms with E-state index in [9.17, 15) is 15.3 Å². The summed E-state index contributed by atoms with van der Waals surface area (Å²) in [5.74, 6) is 0.775. The van der Waals surface area contributed by atoms with Gasteiger partial charge in [0, 0.05) is 18.1 Å². The summed E-state index contributed by atoms with van der Waals surface area (Å²) < 4.78 is 5.78. The van der Waals surface area contributed by atoms with E-state index in [4.69, 9.17) is 16.3 Å². The minimum Gasteiger partial charge on any atom is -0.489 e. The summed E-state index contributed by atoms with van der Waals surface area (Å²) >= 11 is 5.87. The van der Waals surface area contributed by atoms with Crippen LogP contribution < -0.4 is 4.74 Å². The number of piperidine rings is 1. The molecule has 2 aromatic rings. The fourth-order valence-electron chi connectivity index (χ4n) is 3.20. The first-order valence-corrected chi connectivity index (χ1v) is 9.12. The van der Waals surface area contributed by atoms with Gasteiger partial charge in [0.15, 0.2) is 0 Å². The summed E-state index contributed by atoms with van der Waals surface area (Å²) in [7, 11) is 0. The van der Waals surface area contributed by atoms with Crippen molar-refractivity contribution in [1.82, 2.24) is 4.90 Å². The smallest absolute Gasteiger partial charge is 0.119 e. The second-order valence-corrected chi connectivity index (χ2v) is 7.06. The van der Waals surface area contributed by atoms with Gasteiger partial charge in [-0.2, -0.15) is 0 Å². The Morgan fingerprint density at radius 2 is 1.65 bits per heavy atom. The maximum Gasteiger partial charge on any atom is 0.119 e. The number of hydrogen-bond donors (Lipinski definition) is 3. The van der Waals surface area contributed by atoms with Crippen molar-refractivity contribution in [3.8, 4) is 5.75 Å². The fraction of sp³-hybridized carbons (Fsp3) is 0.400. The van der Waals surface area contributed by atoms with Crippen LogP contribution in [0.4, 0.5) is 0 Å². The molecule has 0 bridgehead atoms. The minimum atomic E-state index is -0.921. The molecule has 1 heterocycles. The highest BCUT2D eigenvalue weighted by Crippen LogP contribution is 2.22. The molecular weight excluding hydrogens is 354 g/mol. The van der Waals surface area contributed by atoms with E-state index >= 15 is 0 Å². The van der Waals surface area contributed by atoms with E-state index in [-0.39, 0.29) is 6.61 Å². The molecule has 1 saturated heterocycles. The molecular formula is C20H24ClNO4. The number of aliphatic hydroxyl groups excluding tert-OH is 3. The van der Waals surface area contributed by atoms with Crippen molar-refractivity contribution in [2.24, 2.45) is 0 Å². The van der Waals surface area contributed by atoms with Crippen molar-refractivity contribution in [3.63, 3.8) is 0 Å². The second-order valence-electron chi connectivity index (χ2n) is 6.63. The molecule has 1 aliphatic rings. The SMILES string of the molecule is OC[C@H]1C(O)C(O)CCN1Cc1ccc(OCc2ccc(Cl)cc2)cc1. The van der Waals surface area contributed by atoms with E-state index in [2.05, 4.69) is 0 Å². The predicted molar refractivity (Wildman–Crippen MR) is 100 cm³/mol. The lowest BCUT2D eigenvalue weighted by molar-refractivity contribution is -0.0920. The van der Waals surface area contributed by atoms with E-state index in [1.54, 1.807) is 0 Å². The first-order valence-electron chi connectivity index (χ1n) is 8.74. The number of likely N-dealkylation sites (tertiary alicyclic amines) is 1. The fourth-order valence-corrected chi connectivity index (χ4v) is 3.33. The average Bonchev–Trinajstić information content (AvgIpc) is 2.66. The van der Waals surface area contributed by atoms with E-state index in [0.717, 1.165) is 16.9 Å². The number of aliphatic hydroxyl groups is 3. The molecule has 0 spiro atoms. The lowest BCUT2D eigenvalue weighted by Crippen LogP contribution is -2.55. The molecule has 6 heteroatoms. The Hall–Kier alpha value is -1.63. The van der Waals surface area contributed by atoms with E-state index < -0.39 is 18.2 Å².